The first-order chi connectivity index (χ1) is 13.2. The second kappa shape index (κ2) is 7.04. The van der Waals surface area contributed by atoms with E-state index in [9.17, 15) is 8.42 Å². The number of halogens is 2. The molecule has 10 heteroatoms. The monoisotopic (exact) mass is 452 g/mol. The highest BCUT2D eigenvalue weighted by Gasteiger charge is 2.19. The van der Waals surface area contributed by atoms with Crippen LogP contribution in [0.15, 0.2) is 47.6 Å². The van der Waals surface area contributed by atoms with E-state index < -0.39 is 10.0 Å². The van der Waals surface area contributed by atoms with Crippen molar-refractivity contribution >= 4 is 60.5 Å². The summed E-state index contributed by atoms with van der Waals surface area (Å²) in [6.07, 6.45) is 1.46. The van der Waals surface area contributed by atoms with Gasteiger partial charge in [0.05, 0.1) is 20.9 Å². The number of benzene rings is 2. The third-order valence-electron chi connectivity index (χ3n) is 4.16. The molecule has 0 fully saturated rings. The molecule has 4 aromatic rings. The number of anilines is 1. The van der Waals surface area contributed by atoms with Crippen molar-refractivity contribution in [3.63, 3.8) is 0 Å². The molecule has 144 valence electrons. The lowest BCUT2D eigenvalue weighted by atomic mass is 10.2. The van der Waals surface area contributed by atoms with Crippen molar-refractivity contribution in [1.29, 1.82) is 0 Å². The highest BCUT2D eigenvalue weighted by Crippen LogP contribution is 2.36. The van der Waals surface area contributed by atoms with Crippen molar-refractivity contribution in [1.82, 2.24) is 14.5 Å². The molecule has 0 bridgehead atoms. The first kappa shape index (κ1) is 19.2. The van der Waals surface area contributed by atoms with Gasteiger partial charge in [0.2, 0.25) is 0 Å². The molecule has 28 heavy (non-hydrogen) atoms. The van der Waals surface area contributed by atoms with E-state index in [0.717, 1.165) is 20.8 Å². The first-order valence-electron chi connectivity index (χ1n) is 8.12. The largest absolute Gasteiger partial charge is 0.337 e. The average molecular weight is 453 g/mol. The summed E-state index contributed by atoms with van der Waals surface area (Å²) in [7, 11) is -2.07. The van der Waals surface area contributed by atoms with Crippen LogP contribution >= 0.6 is 34.5 Å². The van der Waals surface area contributed by atoms with Crippen LogP contribution in [0.4, 0.5) is 5.69 Å². The van der Waals surface area contributed by atoms with E-state index in [2.05, 4.69) is 14.7 Å². The van der Waals surface area contributed by atoms with Gasteiger partial charge in [0.15, 0.2) is 5.03 Å². The molecule has 2 heterocycles. The first-order valence-corrected chi connectivity index (χ1v) is 11.2. The van der Waals surface area contributed by atoms with Crippen molar-refractivity contribution in [2.45, 2.75) is 11.9 Å². The number of sulfonamides is 1. The Labute approximate surface area is 175 Å². The van der Waals surface area contributed by atoms with Gasteiger partial charge in [-0.1, -0.05) is 23.2 Å². The lowest BCUT2D eigenvalue weighted by molar-refractivity contribution is 0.598. The fourth-order valence-corrected chi connectivity index (χ4v) is 5.33. The van der Waals surface area contributed by atoms with E-state index in [0.29, 0.717) is 21.6 Å². The molecule has 0 atom stereocenters. The Morgan fingerprint density at radius 2 is 1.89 bits per heavy atom. The summed E-state index contributed by atoms with van der Waals surface area (Å²) in [6.45, 7) is 1.73. The molecule has 6 nitrogen and oxygen atoms in total. The summed E-state index contributed by atoms with van der Waals surface area (Å²) in [5.41, 5.74) is 1.90. The molecule has 0 unspecified atom stereocenters. The Kier molecular flexibility index (Phi) is 4.83. The van der Waals surface area contributed by atoms with E-state index in [1.165, 1.54) is 17.5 Å². The fourth-order valence-electron chi connectivity index (χ4n) is 2.63. The van der Waals surface area contributed by atoms with Crippen LogP contribution in [0.1, 0.15) is 5.82 Å². The van der Waals surface area contributed by atoms with Crippen LogP contribution in [-0.2, 0) is 17.1 Å². The third-order valence-corrected chi connectivity index (χ3v) is 7.02. The molecule has 2 aromatic heterocycles. The maximum atomic E-state index is 12.5. The van der Waals surface area contributed by atoms with Gasteiger partial charge in [0.1, 0.15) is 10.8 Å². The number of nitrogens with zero attached hydrogens (tertiary/aromatic N) is 3. The van der Waals surface area contributed by atoms with Crippen LogP contribution in [0, 0.1) is 6.92 Å². The number of thiazole rings is 1. The summed E-state index contributed by atoms with van der Waals surface area (Å²) in [5, 5.41) is 1.72. The predicted molar refractivity (Wildman–Crippen MR) is 114 cm³/mol. The van der Waals surface area contributed by atoms with Gasteiger partial charge in [-0.15, -0.1) is 11.3 Å². The van der Waals surface area contributed by atoms with Gasteiger partial charge in [0.25, 0.3) is 10.0 Å². The summed E-state index contributed by atoms with van der Waals surface area (Å²) in [5.74, 6) is 0.602. The molecule has 0 saturated carbocycles. The maximum absolute atomic E-state index is 12.5. The van der Waals surface area contributed by atoms with E-state index in [4.69, 9.17) is 23.2 Å². The summed E-state index contributed by atoms with van der Waals surface area (Å²) < 4.78 is 30.2. The lowest BCUT2D eigenvalue weighted by Gasteiger charge is -2.08. The zero-order chi connectivity index (χ0) is 20.1. The van der Waals surface area contributed by atoms with E-state index in [-0.39, 0.29) is 5.03 Å². The second-order valence-electron chi connectivity index (χ2n) is 6.17. The number of fused-ring (bicyclic) bond motifs is 1. The molecular formula is C18H14Cl2N4O2S2. The molecule has 2 aromatic carbocycles. The van der Waals surface area contributed by atoms with Crippen LogP contribution in [0.25, 0.3) is 20.8 Å². The molecular weight excluding hydrogens is 439 g/mol. The molecule has 0 amide bonds. The molecule has 4 rings (SSSR count). The highest BCUT2D eigenvalue weighted by atomic mass is 35.5. The Hall–Kier alpha value is -2.13. The molecule has 0 aliphatic carbocycles. The SMILES string of the molecule is Cc1nc(S(=O)(=O)Nc2ccc(-c3nc4ccc(Cl)cc4s3)c(Cl)c2)cn1C. The lowest BCUT2D eigenvalue weighted by Crippen LogP contribution is -2.13. The summed E-state index contributed by atoms with van der Waals surface area (Å²) in [4.78, 5) is 8.63. The molecule has 0 aliphatic heterocycles. The maximum Gasteiger partial charge on any atom is 0.280 e. The van der Waals surface area contributed by atoms with Gasteiger partial charge >= 0.3 is 0 Å². The number of imidazole rings is 1. The Morgan fingerprint density at radius 3 is 2.57 bits per heavy atom. The van der Waals surface area contributed by atoms with Gasteiger partial charge in [-0.25, -0.2) is 9.97 Å². The van der Waals surface area contributed by atoms with E-state index in [1.54, 1.807) is 42.8 Å². The van der Waals surface area contributed by atoms with Crippen molar-refractivity contribution in [3.05, 3.63) is 58.5 Å². The minimum atomic E-state index is -3.80. The van der Waals surface area contributed by atoms with Gasteiger partial charge in [-0.05, 0) is 43.3 Å². The number of aryl methyl sites for hydroxylation is 2. The van der Waals surface area contributed by atoms with E-state index >= 15 is 0 Å². The molecule has 0 spiro atoms. The molecule has 0 radical (unpaired) electrons. The van der Waals surface area contributed by atoms with Gasteiger partial charge in [-0.3, -0.25) is 4.72 Å². The minimum Gasteiger partial charge on any atom is -0.337 e. The highest BCUT2D eigenvalue weighted by molar-refractivity contribution is 7.92. The minimum absolute atomic E-state index is 0.0456. The van der Waals surface area contributed by atoms with Crippen LogP contribution in [0.3, 0.4) is 0 Å². The smallest absolute Gasteiger partial charge is 0.280 e. The van der Waals surface area contributed by atoms with Gasteiger partial charge in [-0.2, -0.15) is 8.42 Å². The number of hydrogen-bond acceptors (Lipinski definition) is 5. The normalized spacial score (nSPS) is 11.9. The van der Waals surface area contributed by atoms with Crippen molar-refractivity contribution in [2.75, 3.05) is 4.72 Å². The number of nitrogens with one attached hydrogen (secondary N) is 1. The van der Waals surface area contributed by atoms with Crippen LogP contribution < -0.4 is 4.72 Å². The zero-order valence-corrected chi connectivity index (χ0v) is 17.9. The number of aromatic nitrogens is 3. The Balaban J connectivity index is 1.65. The van der Waals surface area contributed by atoms with E-state index in [1.807, 2.05) is 12.1 Å². The topological polar surface area (TPSA) is 76.9 Å². The van der Waals surface area contributed by atoms with Crippen molar-refractivity contribution in [3.8, 4) is 10.6 Å². The van der Waals surface area contributed by atoms with Gasteiger partial charge < -0.3 is 4.57 Å². The van der Waals surface area contributed by atoms with Gasteiger partial charge in [0, 0.05) is 23.8 Å². The Morgan fingerprint density at radius 1 is 1.11 bits per heavy atom. The van der Waals surface area contributed by atoms with Crippen molar-refractivity contribution in [2.24, 2.45) is 7.05 Å². The van der Waals surface area contributed by atoms with Crippen LogP contribution in [0.2, 0.25) is 10.0 Å². The third kappa shape index (κ3) is 3.60. The average Bonchev–Trinajstić information content (AvgIpc) is 3.18. The zero-order valence-electron chi connectivity index (χ0n) is 14.8. The standard InChI is InChI=1S/C18H14Cl2N4O2S2/c1-10-21-17(9-24(10)2)28(25,26)23-12-4-5-13(14(20)8-12)18-22-15-6-3-11(19)7-16(15)27-18/h3-9,23H,1-2H3. The molecule has 0 aliphatic rings. The second-order valence-corrected chi connectivity index (χ2v) is 9.67. The number of rotatable bonds is 4. The molecule has 1 N–H and O–H groups in total. The van der Waals surface area contributed by atoms with Crippen LogP contribution in [-0.4, -0.2) is 23.0 Å². The van der Waals surface area contributed by atoms with Crippen molar-refractivity contribution < 1.29 is 8.42 Å². The summed E-state index contributed by atoms with van der Waals surface area (Å²) >= 11 is 13.9. The van der Waals surface area contributed by atoms with Crippen LogP contribution in [0.5, 0.6) is 0 Å². The Bertz CT molecular complexity index is 1290. The summed E-state index contributed by atoms with van der Waals surface area (Å²) in [6, 6.07) is 10.4. The molecule has 0 saturated heterocycles. The quantitative estimate of drug-likeness (QED) is 0.466. The predicted octanol–water partition coefficient (Wildman–Crippen LogP) is 5.11. The number of hydrogen-bond donors (Lipinski definition) is 1. The fraction of sp³-hybridized carbons (Fsp3) is 0.111.